The van der Waals surface area contributed by atoms with E-state index in [1.807, 2.05) is 0 Å². The van der Waals surface area contributed by atoms with Crippen molar-refractivity contribution in [3.8, 4) is 0 Å². The molecule has 0 aliphatic carbocycles. The molecule has 0 saturated carbocycles. The number of hydrogen-bond donors (Lipinski definition) is 0. The largest absolute Gasteiger partial charge is 0.348 e. The van der Waals surface area contributed by atoms with Crippen LogP contribution in [-0.4, -0.2) is 87.6 Å². The highest BCUT2D eigenvalue weighted by Crippen LogP contribution is 2.28. The summed E-state index contributed by atoms with van der Waals surface area (Å²) in [6.45, 7) is 3.73. The Bertz CT molecular complexity index is 588. The molecule has 1 aromatic rings. The van der Waals surface area contributed by atoms with Crippen LogP contribution in [0.5, 0.6) is 0 Å². The second kappa shape index (κ2) is 7.95. The summed E-state index contributed by atoms with van der Waals surface area (Å²) in [5.74, 6) is 0.843. The lowest BCUT2D eigenvalue weighted by Crippen LogP contribution is -2.47. The maximum atomic E-state index is 12.7. The second-order valence-electron chi connectivity index (χ2n) is 7.39. The smallest absolute Gasteiger partial charge is 0.236 e. The predicted octanol–water partition coefficient (Wildman–Crippen LogP) is 0.0693. The van der Waals surface area contributed by atoms with Crippen LogP contribution in [0.25, 0.3) is 0 Å². The maximum absolute atomic E-state index is 12.7. The zero-order valence-corrected chi connectivity index (χ0v) is 15.2. The van der Waals surface area contributed by atoms with Gasteiger partial charge in [-0.3, -0.25) is 19.2 Å². The van der Waals surface area contributed by atoms with Crippen molar-refractivity contribution in [1.82, 2.24) is 29.5 Å². The molecular formula is C17H28N6O2. The molecule has 4 rings (SSSR count). The normalized spacial score (nSPS) is 23.5. The number of carbonyl (C=O) groups is 2. The molecule has 2 atom stereocenters. The topological polar surface area (TPSA) is 74.6 Å². The molecule has 3 fully saturated rings. The van der Waals surface area contributed by atoms with E-state index >= 15 is 0 Å². The first-order valence-corrected chi connectivity index (χ1v) is 9.07. The van der Waals surface area contributed by atoms with Gasteiger partial charge < -0.3 is 9.80 Å². The summed E-state index contributed by atoms with van der Waals surface area (Å²) < 4.78 is 1.76. The molecule has 1 aromatic heterocycles. The average molecular weight is 348 g/mol. The van der Waals surface area contributed by atoms with Gasteiger partial charge in [0.05, 0.1) is 6.54 Å². The first-order chi connectivity index (χ1) is 12.0. The van der Waals surface area contributed by atoms with E-state index in [0.717, 1.165) is 45.4 Å². The van der Waals surface area contributed by atoms with Crippen molar-refractivity contribution in [2.45, 2.75) is 38.3 Å². The predicted molar refractivity (Wildman–Crippen MR) is 92.6 cm³/mol. The molecule has 0 spiro atoms. The fraction of sp³-hybridized carbons (Fsp3) is 0.765. The zero-order chi connectivity index (χ0) is 17.8. The third kappa shape index (κ3) is 4.56. The van der Waals surface area contributed by atoms with Crippen molar-refractivity contribution in [3.63, 3.8) is 0 Å². The van der Waals surface area contributed by atoms with Crippen LogP contribution in [-0.2, 0) is 16.1 Å². The van der Waals surface area contributed by atoms with E-state index < -0.39 is 0 Å². The fourth-order valence-electron chi connectivity index (χ4n) is 3.83. The van der Waals surface area contributed by atoms with Crippen molar-refractivity contribution in [3.05, 3.63) is 12.7 Å². The monoisotopic (exact) mass is 348 g/mol. The Morgan fingerprint density at radius 3 is 2.76 bits per heavy atom. The molecule has 3 aliphatic rings. The summed E-state index contributed by atoms with van der Waals surface area (Å²) in [6, 6.07) is 0.243. The van der Waals surface area contributed by atoms with Gasteiger partial charge in [0.15, 0.2) is 0 Å². The highest BCUT2D eigenvalue weighted by atomic mass is 16.2. The molecule has 138 valence electrons. The van der Waals surface area contributed by atoms with E-state index in [0.29, 0.717) is 18.9 Å². The Kier molecular flexibility index (Phi) is 5.67. The molecule has 0 N–H and O–H groups in total. The van der Waals surface area contributed by atoms with Crippen LogP contribution in [0.15, 0.2) is 12.7 Å². The van der Waals surface area contributed by atoms with Crippen LogP contribution in [0.3, 0.4) is 0 Å². The average Bonchev–Trinajstić information content (AvgIpc) is 2.94. The standard InChI is InChI=1S/C17H28N6O2/c1-20(2)17(25)11-21-8-14-5-6-15(10-21)23(9-14)16(24)4-3-7-22-13-18-12-19-22/h12-15H,3-11H2,1-2H3/t14-,15+/m0/s1. The number of aryl methyl sites for hydroxylation is 1. The molecule has 3 saturated heterocycles. The van der Waals surface area contributed by atoms with Gasteiger partial charge in [-0.25, -0.2) is 4.98 Å². The number of aromatic nitrogens is 3. The van der Waals surface area contributed by atoms with E-state index in [1.165, 1.54) is 6.33 Å². The van der Waals surface area contributed by atoms with Crippen molar-refractivity contribution in [2.24, 2.45) is 5.92 Å². The van der Waals surface area contributed by atoms with Crippen LogP contribution in [0.2, 0.25) is 0 Å². The van der Waals surface area contributed by atoms with E-state index in [-0.39, 0.29) is 17.9 Å². The van der Waals surface area contributed by atoms with Gasteiger partial charge in [0.1, 0.15) is 12.7 Å². The van der Waals surface area contributed by atoms with Gasteiger partial charge in [-0.2, -0.15) is 5.10 Å². The van der Waals surface area contributed by atoms with Gasteiger partial charge in [0.2, 0.25) is 11.8 Å². The molecule has 0 radical (unpaired) electrons. The summed E-state index contributed by atoms with van der Waals surface area (Å²) in [5, 5.41) is 4.07. The molecule has 8 nitrogen and oxygen atoms in total. The molecule has 2 amide bonds. The van der Waals surface area contributed by atoms with E-state index in [2.05, 4.69) is 19.9 Å². The van der Waals surface area contributed by atoms with Crippen LogP contribution in [0.1, 0.15) is 25.7 Å². The summed E-state index contributed by atoms with van der Waals surface area (Å²) >= 11 is 0. The summed E-state index contributed by atoms with van der Waals surface area (Å²) in [6.07, 6.45) is 6.71. The van der Waals surface area contributed by atoms with Gasteiger partial charge in [-0.15, -0.1) is 0 Å². The lowest BCUT2D eigenvalue weighted by Gasteiger charge is -2.36. The second-order valence-corrected chi connectivity index (χ2v) is 7.39. The van der Waals surface area contributed by atoms with Crippen molar-refractivity contribution in [2.75, 3.05) is 40.3 Å². The number of rotatable bonds is 6. The van der Waals surface area contributed by atoms with Crippen LogP contribution in [0, 0.1) is 5.92 Å². The Balaban J connectivity index is 1.52. The van der Waals surface area contributed by atoms with Crippen LogP contribution in [0.4, 0.5) is 0 Å². The minimum atomic E-state index is 0.131. The number of piperidine rings is 1. The number of carbonyl (C=O) groups excluding carboxylic acids is 2. The molecule has 0 unspecified atom stereocenters. The number of hydrogen-bond acceptors (Lipinski definition) is 5. The quantitative estimate of drug-likeness (QED) is 0.727. The summed E-state index contributed by atoms with van der Waals surface area (Å²) in [4.78, 5) is 34.6. The molecule has 3 aliphatic heterocycles. The number of fused-ring (bicyclic) bond motifs is 4. The van der Waals surface area contributed by atoms with Gasteiger partial charge in [0, 0.05) is 52.7 Å². The van der Waals surface area contributed by atoms with E-state index in [1.54, 1.807) is 30.0 Å². The SMILES string of the molecule is CN(C)C(=O)CN1C[C@@H]2CC[C@H](C1)N(C(=O)CCCn1cncn1)C2. The molecule has 25 heavy (non-hydrogen) atoms. The summed E-state index contributed by atoms with van der Waals surface area (Å²) in [7, 11) is 3.58. The van der Waals surface area contributed by atoms with Gasteiger partial charge in [0.25, 0.3) is 0 Å². The molecule has 8 heteroatoms. The van der Waals surface area contributed by atoms with E-state index in [4.69, 9.17) is 0 Å². The molecule has 2 bridgehead atoms. The van der Waals surface area contributed by atoms with Crippen molar-refractivity contribution in [1.29, 1.82) is 0 Å². The Hall–Kier alpha value is -1.96. The fourth-order valence-corrected chi connectivity index (χ4v) is 3.83. The molecular weight excluding hydrogens is 320 g/mol. The summed E-state index contributed by atoms with van der Waals surface area (Å²) in [5.41, 5.74) is 0. The third-order valence-corrected chi connectivity index (χ3v) is 5.21. The van der Waals surface area contributed by atoms with Gasteiger partial charge in [-0.1, -0.05) is 0 Å². The first kappa shape index (κ1) is 17.8. The Morgan fingerprint density at radius 2 is 2.04 bits per heavy atom. The minimum Gasteiger partial charge on any atom is -0.348 e. The third-order valence-electron chi connectivity index (χ3n) is 5.21. The minimum absolute atomic E-state index is 0.131. The van der Waals surface area contributed by atoms with Crippen LogP contribution < -0.4 is 0 Å². The number of nitrogens with zero attached hydrogens (tertiary/aromatic N) is 6. The Morgan fingerprint density at radius 1 is 1.20 bits per heavy atom. The molecule has 4 heterocycles. The van der Waals surface area contributed by atoms with Crippen molar-refractivity contribution >= 4 is 11.8 Å². The van der Waals surface area contributed by atoms with Gasteiger partial charge in [-0.05, 0) is 25.2 Å². The lowest BCUT2D eigenvalue weighted by atomic mass is 9.94. The lowest BCUT2D eigenvalue weighted by molar-refractivity contribution is -0.135. The Labute approximate surface area is 148 Å². The highest BCUT2D eigenvalue weighted by Gasteiger charge is 2.37. The number of likely N-dealkylation sites (N-methyl/N-ethyl adjacent to an activating group) is 1. The van der Waals surface area contributed by atoms with Crippen molar-refractivity contribution < 1.29 is 9.59 Å². The van der Waals surface area contributed by atoms with Crippen LogP contribution >= 0.6 is 0 Å². The zero-order valence-electron chi connectivity index (χ0n) is 15.2. The maximum Gasteiger partial charge on any atom is 0.236 e. The van der Waals surface area contributed by atoms with Gasteiger partial charge >= 0.3 is 0 Å². The molecule has 0 aromatic carbocycles. The first-order valence-electron chi connectivity index (χ1n) is 9.07. The van der Waals surface area contributed by atoms with E-state index in [9.17, 15) is 9.59 Å². The highest BCUT2D eigenvalue weighted by molar-refractivity contribution is 5.78. The number of amides is 2.